The molecule has 0 aliphatic carbocycles. The Morgan fingerprint density at radius 3 is 1.64 bits per heavy atom. The molecule has 0 spiro atoms. The fraction of sp³-hybridized carbons (Fsp3) is 0.650. The molecule has 1 aromatic rings. The number of anilines is 1. The highest BCUT2D eigenvalue weighted by Gasteiger charge is 2.65. The van der Waals surface area contributed by atoms with Crippen LogP contribution in [0, 0.1) is 0 Å². The molecule has 3 rings (SSSR count). The summed E-state index contributed by atoms with van der Waals surface area (Å²) >= 11 is 0. The second-order valence-electron chi connectivity index (χ2n) is 10.1. The highest BCUT2D eigenvalue weighted by Crippen LogP contribution is 2.46. The van der Waals surface area contributed by atoms with Gasteiger partial charge in [-0.25, -0.2) is 4.79 Å². The molecule has 0 atom stereocenters. The van der Waals surface area contributed by atoms with Crippen LogP contribution in [0.1, 0.15) is 24.0 Å². The van der Waals surface area contributed by atoms with E-state index in [9.17, 15) is 44.3 Å². The molecule has 2 aliphatic heterocycles. The molecule has 0 N–H and O–H groups in total. The predicted octanol–water partition coefficient (Wildman–Crippen LogP) is 1.02. The van der Waals surface area contributed by atoms with Gasteiger partial charge in [-0.1, -0.05) is 6.07 Å². The van der Waals surface area contributed by atoms with E-state index in [4.69, 9.17) is 62.8 Å². The van der Waals surface area contributed by atoms with Crippen LogP contribution in [0.2, 0.25) is 0 Å². The number of carbonyl (C=O) groups is 1. The molecule has 2 aliphatic rings. The van der Waals surface area contributed by atoms with Crippen LogP contribution in [-0.2, 0) is 17.5 Å². The van der Waals surface area contributed by atoms with E-state index in [2.05, 4.69) is 4.74 Å². The van der Waals surface area contributed by atoms with E-state index in [1.165, 1.54) is 0 Å². The summed E-state index contributed by atoms with van der Waals surface area (Å²) in [6, 6.07) is 2.54. The SMILES string of the molecule is [B]C1([B])N(Cc2ccc(C(F)(F)F)cc2N2CCCC2)C([B])([B])C([B])([B])N(C(=O)OC(C(F)(F)F)C(F)(F)F)C1([B])[B]. The number of benzene rings is 1. The summed E-state index contributed by atoms with van der Waals surface area (Å²) in [5.41, 5.74) is -0.974. The van der Waals surface area contributed by atoms with Crippen molar-refractivity contribution in [1.29, 1.82) is 0 Å². The molecular formula is C20H14B8F9N3O2. The average molecular weight is 586 g/mol. The highest BCUT2D eigenvalue weighted by molar-refractivity contribution is 6.60. The summed E-state index contributed by atoms with van der Waals surface area (Å²) in [4.78, 5) is 14.4. The lowest BCUT2D eigenvalue weighted by molar-refractivity contribution is -0.309. The Morgan fingerprint density at radius 2 is 1.24 bits per heavy atom. The van der Waals surface area contributed by atoms with Crippen LogP contribution in [0.15, 0.2) is 18.2 Å². The maximum Gasteiger partial charge on any atom is 0.434 e. The number of hydrogen-bond donors (Lipinski definition) is 0. The van der Waals surface area contributed by atoms with Crippen LogP contribution >= 0.6 is 0 Å². The van der Waals surface area contributed by atoms with Crippen molar-refractivity contribution < 1.29 is 49.0 Å². The Bertz CT molecular complexity index is 1150. The van der Waals surface area contributed by atoms with Gasteiger partial charge in [-0.2, -0.15) is 39.5 Å². The first kappa shape index (κ1) is 34.6. The first-order chi connectivity index (χ1) is 18.7. The second-order valence-corrected chi connectivity index (χ2v) is 10.1. The van der Waals surface area contributed by atoms with E-state index >= 15 is 0 Å². The monoisotopic (exact) mass is 587 g/mol. The Kier molecular flexibility index (Phi) is 8.77. The van der Waals surface area contributed by atoms with E-state index in [0.29, 0.717) is 36.9 Å². The maximum atomic E-state index is 13.5. The smallest absolute Gasteiger partial charge is 0.427 e. The fourth-order valence-electron chi connectivity index (χ4n) is 4.74. The van der Waals surface area contributed by atoms with Crippen LogP contribution in [-0.4, -0.2) is 132 Å². The molecule has 5 nitrogen and oxygen atoms in total. The number of nitrogens with zero attached hydrogens (tertiary/aromatic N) is 3. The topological polar surface area (TPSA) is 36.0 Å². The molecule has 42 heavy (non-hydrogen) atoms. The van der Waals surface area contributed by atoms with Crippen molar-refractivity contribution >= 4 is 74.6 Å². The van der Waals surface area contributed by atoms with E-state index in [1.807, 2.05) is 0 Å². The van der Waals surface area contributed by atoms with Gasteiger partial charge in [0, 0.05) is 25.3 Å². The van der Waals surface area contributed by atoms with Crippen molar-refractivity contribution in [2.75, 3.05) is 18.0 Å². The molecule has 0 aromatic heterocycles. The summed E-state index contributed by atoms with van der Waals surface area (Å²) in [6.07, 6.45) is -23.1. The standard InChI is InChI=1S/C20H14B8F9N3O2/c21-17(22)19(25,26)40(13(41)42-12(15(32,33)34)16(35,36)37)20(27,28)18(23,24)39(17)8-9-3-4-10(14(29,30)31)7-11(9)38-5-1-2-6-38/h3-4,7,12H,1-2,5-6,8H2. The van der Waals surface area contributed by atoms with Gasteiger partial charge in [-0.05, 0) is 51.9 Å². The van der Waals surface area contributed by atoms with Crippen molar-refractivity contribution in [2.24, 2.45) is 0 Å². The quantitative estimate of drug-likeness (QED) is 0.391. The largest absolute Gasteiger partial charge is 0.434 e. The third kappa shape index (κ3) is 5.94. The number of ether oxygens (including phenoxy) is 1. The molecule has 2 heterocycles. The minimum absolute atomic E-state index is 0.0215. The number of piperazine rings is 1. The van der Waals surface area contributed by atoms with Gasteiger partial charge in [0.1, 0.15) is 0 Å². The van der Waals surface area contributed by atoms with Crippen molar-refractivity contribution in [2.45, 2.75) is 65.4 Å². The number of carbonyl (C=O) groups excluding carboxylic acids is 1. The van der Waals surface area contributed by atoms with Gasteiger partial charge in [0.2, 0.25) is 0 Å². The molecule has 22 heteroatoms. The van der Waals surface area contributed by atoms with Crippen LogP contribution < -0.4 is 4.90 Å². The molecule has 2 saturated heterocycles. The highest BCUT2D eigenvalue weighted by atomic mass is 19.4. The van der Waals surface area contributed by atoms with Crippen molar-refractivity contribution in [3.63, 3.8) is 0 Å². The minimum Gasteiger partial charge on any atom is -0.427 e. The molecule has 208 valence electrons. The first-order valence-corrected chi connectivity index (χ1v) is 11.9. The summed E-state index contributed by atoms with van der Waals surface area (Å²) in [6.45, 7) is -0.0433. The van der Waals surface area contributed by atoms with Gasteiger partial charge in [-0.3, -0.25) is 0 Å². The summed E-state index contributed by atoms with van der Waals surface area (Å²) in [5.74, 6) is 0. The first-order valence-electron chi connectivity index (χ1n) is 11.9. The van der Waals surface area contributed by atoms with Crippen LogP contribution in [0.5, 0.6) is 0 Å². The van der Waals surface area contributed by atoms with Gasteiger partial charge in [0.15, 0.2) is 0 Å². The summed E-state index contributed by atoms with van der Waals surface area (Å²) in [7, 11) is 47.9. The lowest BCUT2D eigenvalue weighted by Gasteiger charge is -2.74. The fourth-order valence-corrected chi connectivity index (χ4v) is 4.74. The molecule has 2 fully saturated rings. The Hall–Kier alpha value is -1.86. The third-order valence-electron chi connectivity index (χ3n) is 7.10. The van der Waals surface area contributed by atoms with Crippen molar-refractivity contribution in [1.82, 2.24) is 9.80 Å². The zero-order chi connectivity index (χ0) is 32.5. The third-order valence-corrected chi connectivity index (χ3v) is 7.10. The van der Waals surface area contributed by atoms with Gasteiger partial charge in [0.25, 0.3) is 6.10 Å². The molecular weight excluding hydrogens is 572 g/mol. The number of halogens is 9. The van der Waals surface area contributed by atoms with Gasteiger partial charge < -0.3 is 19.4 Å². The Morgan fingerprint density at radius 1 is 0.786 bits per heavy atom. The predicted molar refractivity (Wildman–Crippen MR) is 140 cm³/mol. The number of alkyl halides is 9. The average Bonchev–Trinajstić information content (AvgIpc) is 3.32. The molecule has 0 saturated carbocycles. The maximum absolute atomic E-state index is 13.5. The van der Waals surface area contributed by atoms with Crippen LogP contribution in [0.4, 0.5) is 50.0 Å². The van der Waals surface area contributed by atoms with Crippen molar-refractivity contribution in [3.8, 4) is 0 Å². The lowest BCUT2D eigenvalue weighted by atomic mass is 9.26. The van der Waals surface area contributed by atoms with Gasteiger partial charge in [-0.15, -0.1) is 0 Å². The van der Waals surface area contributed by atoms with Gasteiger partial charge in [0.05, 0.1) is 68.3 Å². The zero-order valence-electron chi connectivity index (χ0n) is 21.5. The van der Waals surface area contributed by atoms with E-state index in [0.717, 1.165) is 12.1 Å². The van der Waals surface area contributed by atoms with Gasteiger partial charge >= 0.3 is 24.6 Å². The summed E-state index contributed by atoms with van der Waals surface area (Å²) in [5, 5.41) is -12.5. The van der Waals surface area contributed by atoms with Crippen LogP contribution in [0.25, 0.3) is 0 Å². The normalized spacial score (nSPS) is 22.3. The van der Waals surface area contributed by atoms with E-state index < -0.39 is 69.1 Å². The Labute approximate surface area is 246 Å². The molecule has 1 aromatic carbocycles. The molecule has 0 bridgehead atoms. The van der Waals surface area contributed by atoms with E-state index in [-0.39, 0.29) is 11.3 Å². The molecule has 1 amide bonds. The number of rotatable bonds is 4. The molecule has 0 unspecified atom stereocenters. The molecule has 16 radical (unpaired) electrons. The summed E-state index contributed by atoms with van der Waals surface area (Å²) < 4.78 is 123. The Balaban J connectivity index is 2.10. The number of hydrogen-bond acceptors (Lipinski definition) is 4. The van der Waals surface area contributed by atoms with E-state index in [1.54, 1.807) is 4.90 Å². The lowest BCUT2D eigenvalue weighted by Crippen LogP contribution is -2.92. The van der Waals surface area contributed by atoms with Crippen LogP contribution in [0.3, 0.4) is 0 Å². The minimum atomic E-state index is -6.17. The zero-order valence-corrected chi connectivity index (χ0v) is 21.5. The second kappa shape index (κ2) is 10.6. The number of amides is 1. The van der Waals surface area contributed by atoms with Crippen molar-refractivity contribution in [3.05, 3.63) is 29.3 Å².